The predicted octanol–water partition coefficient (Wildman–Crippen LogP) is 4.04. The molecule has 0 saturated carbocycles. The Kier molecular flexibility index (Phi) is 6.26. The summed E-state index contributed by atoms with van der Waals surface area (Å²) in [7, 11) is 0. The molecular weight excluding hydrogens is 420 g/mol. The molecule has 1 unspecified atom stereocenters. The second-order valence-electron chi connectivity index (χ2n) is 8.07. The standard InChI is InChI=1S/C21H25ClN6OS/c1-21(2,19(22)29)14-6-10-28(11-7-14)20-25-12-16(30-20)15-4-3-5-17(26-15)27-18-13-23-8-9-24-18/h3-5,8-9,12-14,20,25H,6-7,10-11H2,1-2H3,(H,24,26,27). The third-order valence-electron chi connectivity index (χ3n) is 5.80. The van der Waals surface area contributed by atoms with E-state index in [9.17, 15) is 4.79 Å². The van der Waals surface area contributed by atoms with Crippen LogP contribution in [0.5, 0.6) is 0 Å². The molecule has 2 aromatic rings. The smallest absolute Gasteiger partial charge is 0.227 e. The minimum Gasteiger partial charge on any atom is -0.366 e. The van der Waals surface area contributed by atoms with Crippen molar-refractivity contribution < 1.29 is 4.79 Å². The number of piperidine rings is 1. The Labute approximate surface area is 185 Å². The van der Waals surface area contributed by atoms with Crippen LogP contribution in [0.4, 0.5) is 11.6 Å². The van der Waals surface area contributed by atoms with Crippen molar-refractivity contribution in [2.45, 2.75) is 32.2 Å². The van der Waals surface area contributed by atoms with Gasteiger partial charge in [-0.15, -0.1) is 0 Å². The van der Waals surface area contributed by atoms with Gasteiger partial charge in [0.05, 0.1) is 16.8 Å². The lowest BCUT2D eigenvalue weighted by Crippen LogP contribution is -2.47. The van der Waals surface area contributed by atoms with E-state index in [-0.39, 0.29) is 10.7 Å². The van der Waals surface area contributed by atoms with Crippen molar-refractivity contribution in [3.63, 3.8) is 0 Å². The average molecular weight is 445 g/mol. The van der Waals surface area contributed by atoms with Gasteiger partial charge in [0, 0.05) is 37.1 Å². The molecule has 4 rings (SSSR count). The van der Waals surface area contributed by atoms with Gasteiger partial charge in [-0.25, -0.2) is 9.97 Å². The van der Waals surface area contributed by atoms with Gasteiger partial charge >= 0.3 is 0 Å². The molecule has 2 aromatic heterocycles. The Morgan fingerprint density at radius 2 is 2.07 bits per heavy atom. The number of aromatic nitrogens is 3. The maximum absolute atomic E-state index is 11.8. The van der Waals surface area contributed by atoms with Crippen LogP contribution in [0.2, 0.25) is 0 Å². The first-order chi connectivity index (χ1) is 14.4. The Morgan fingerprint density at radius 3 is 2.77 bits per heavy atom. The number of rotatable bonds is 6. The highest BCUT2D eigenvalue weighted by molar-refractivity contribution is 8.09. The van der Waals surface area contributed by atoms with Gasteiger partial charge < -0.3 is 10.6 Å². The predicted molar refractivity (Wildman–Crippen MR) is 121 cm³/mol. The second-order valence-corrected chi connectivity index (χ2v) is 9.54. The second kappa shape index (κ2) is 8.91. The van der Waals surface area contributed by atoms with E-state index < -0.39 is 5.41 Å². The number of anilines is 2. The van der Waals surface area contributed by atoms with Gasteiger partial charge in [0.25, 0.3) is 0 Å². The normalized spacial score (nSPS) is 20.5. The van der Waals surface area contributed by atoms with Crippen molar-refractivity contribution in [2.24, 2.45) is 11.3 Å². The monoisotopic (exact) mass is 444 g/mol. The van der Waals surface area contributed by atoms with Crippen molar-refractivity contribution in [3.05, 3.63) is 48.7 Å². The van der Waals surface area contributed by atoms with E-state index in [2.05, 4.69) is 25.5 Å². The van der Waals surface area contributed by atoms with E-state index in [1.165, 1.54) is 0 Å². The van der Waals surface area contributed by atoms with Crippen LogP contribution < -0.4 is 10.6 Å². The molecule has 1 atom stereocenters. The fourth-order valence-corrected chi connectivity index (χ4v) is 5.06. The van der Waals surface area contributed by atoms with E-state index in [0.29, 0.717) is 11.7 Å². The van der Waals surface area contributed by atoms with Crippen molar-refractivity contribution in [1.82, 2.24) is 25.2 Å². The molecule has 158 valence electrons. The number of carbonyl (C=O) groups is 1. The van der Waals surface area contributed by atoms with Crippen LogP contribution in [0.3, 0.4) is 0 Å². The summed E-state index contributed by atoms with van der Waals surface area (Å²) in [5.41, 5.74) is 0.621. The molecule has 30 heavy (non-hydrogen) atoms. The molecule has 2 aliphatic heterocycles. The van der Waals surface area contributed by atoms with Crippen LogP contribution in [-0.4, -0.2) is 43.7 Å². The lowest BCUT2D eigenvalue weighted by Gasteiger charge is -2.40. The largest absolute Gasteiger partial charge is 0.366 e. The van der Waals surface area contributed by atoms with Gasteiger partial charge in [0.2, 0.25) is 5.24 Å². The van der Waals surface area contributed by atoms with Crippen LogP contribution in [0, 0.1) is 11.3 Å². The zero-order chi connectivity index (χ0) is 21.1. The summed E-state index contributed by atoms with van der Waals surface area (Å²) in [5, 5.41) is 6.41. The molecule has 0 radical (unpaired) electrons. The third kappa shape index (κ3) is 4.61. The van der Waals surface area contributed by atoms with E-state index in [4.69, 9.17) is 16.6 Å². The summed E-state index contributed by atoms with van der Waals surface area (Å²) >= 11 is 7.59. The van der Waals surface area contributed by atoms with E-state index in [1.54, 1.807) is 30.4 Å². The molecule has 1 saturated heterocycles. The Hall–Kier alpha value is -2.16. The molecule has 7 nitrogen and oxygen atoms in total. The summed E-state index contributed by atoms with van der Waals surface area (Å²) in [6.45, 7) is 5.79. The number of carbonyl (C=O) groups excluding carboxylic acids is 1. The summed E-state index contributed by atoms with van der Waals surface area (Å²) < 4.78 is 0. The van der Waals surface area contributed by atoms with E-state index in [1.807, 2.05) is 38.2 Å². The number of thioether (sulfide) groups is 1. The first kappa shape index (κ1) is 21.1. The van der Waals surface area contributed by atoms with Gasteiger partial charge in [0.1, 0.15) is 17.1 Å². The Bertz CT molecular complexity index is 930. The fraction of sp³-hybridized carbons (Fsp3) is 0.429. The highest BCUT2D eigenvalue weighted by atomic mass is 35.5. The summed E-state index contributed by atoms with van der Waals surface area (Å²) in [6, 6.07) is 5.89. The molecule has 2 aliphatic rings. The molecule has 0 aliphatic carbocycles. The van der Waals surface area contributed by atoms with Gasteiger partial charge in [-0.1, -0.05) is 31.7 Å². The number of pyridine rings is 1. The van der Waals surface area contributed by atoms with Crippen molar-refractivity contribution in [3.8, 4) is 0 Å². The first-order valence-electron chi connectivity index (χ1n) is 10.0. The number of hydrogen-bond donors (Lipinski definition) is 2. The fourth-order valence-electron chi connectivity index (χ4n) is 3.80. The zero-order valence-corrected chi connectivity index (χ0v) is 18.6. The van der Waals surface area contributed by atoms with Gasteiger partial charge in [-0.2, -0.15) is 0 Å². The molecular formula is C21H25ClN6OS. The van der Waals surface area contributed by atoms with Crippen molar-refractivity contribution in [2.75, 3.05) is 18.4 Å². The number of nitrogens with one attached hydrogen (secondary N) is 2. The van der Waals surface area contributed by atoms with Gasteiger partial charge in [-0.3, -0.25) is 14.7 Å². The lowest BCUT2D eigenvalue weighted by molar-refractivity contribution is -0.122. The molecule has 4 heterocycles. The minimum atomic E-state index is -0.464. The van der Waals surface area contributed by atoms with Crippen LogP contribution in [0.15, 0.2) is 43.0 Å². The number of nitrogens with zero attached hydrogens (tertiary/aromatic N) is 4. The van der Waals surface area contributed by atoms with Crippen molar-refractivity contribution >= 4 is 45.1 Å². The first-order valence-corrected chi connectivity index (χ1v) is 11.3. The number of hydrogen-bond acceptors (Lipinski definition) is 8. The lowest BCUT2D eigenvalue weighted by atomic mass is 9.74. The molecule has 2 N–H and O–H groups in total. The summed E-state index contributed by atoms with van der Waals surface area (Å²) in [5.74, 6) is 1.71. The van der Waals surface area contributed by atoms with Gasteiger partial charge in [0.15, 0.2) is 0 Å². The average Bonchev–Trinajstić information content (AvgIpc) is 3.25. The summed E-state index contributed by atoms with van der Waals surface area (Å²) in [4.78, 5) is 28.3. The SMILES string of the molecule is CC(C)(C(=O)Cl)C1CCN(C2NC=C(c3cccc(Nc4cnccn4)n3)S2)CC1. The summed E-state index contributed by atoms with van der Waals surface area (Å²) in [6.07, 6.45) is 8.91. The number of likely N-dealkylation sites (tertiary alicyclic amines) is 1. The Balaban J connectivity index is 1.35. The maximum Gasteiger partial charge on any atom is 0.227 e. The third-order valence-corrected chi connectivity index (χ3v) is 7.53. The van der Waals surface area contributed by atoms with Crippen LogP contribution >= 0.6 is 23.4 Å². The van der Waals surface area contributed by atoms with Gasteiger partial charge in [-0.05, 0) is 42.5 Å². The van der Waals surface area contributed by atoms with Crippen LogP contribution in [-0.2, 0) is 4.79 Å². The van der Waals surface area contributed by atoms with Crippen molar-refractivity contribution in [1.29, 1.82) is 0 Å². The molecule has 9 heteroatoms. The molecule has 0 amide bonds. The van der Waals surface area contributed by atoms with Crippen LogP contribution in [0.25, 0.3) is 4.91 Å². The minimum absolute atomic E-state index is 0.175. The zero-order valence-electron chi connectivity index (χ0n) is 17.0. The molecule has 1 fully saturated rings. The quantitative estimate of drug-likeness (QED) is 0.646. The van der Waals surface area contributed by atoms with E-state index >= 15 is 0 Å². The molecule has 0 spiro atoms. The molecule has 0 aromatic carbocycles. The number of halogens is 1. The molecule has 0 bridgehead atoms. The topological polar surface area (TPSA) is 83.0 Å². The maximum atomic E-state index is 11.8. The Morgan fingerprint density at radius 1 is 1.27 bits per heavy atom. The van der Waals surface area contributed by atoms with E-state index in [0.717, 1.165) is 42.3 Å². The highest BCUT2D eigenvalue weighted by Gasteiger charge is 2.39. The highest BCUT2D eigenvalue weighted by Crippen LogP contribution is 2.40. The van der Waals surface area contributed by atoms with Crippen LogP contribution in [0.1, 0.15) is 32.4 Å².